The molecule has 1 aliphatic heterocycles. The smallest absolute Gasteiger partial charge is 0.269 e. The Labute approximate surface area is 78.6 Å². The second-order valence-corrected chi connectivity index (χ2v) is 5.21. The van der Waals surface area contributed by atoms with Crippen LogP contribution >= 0.6 is 0 Å². The van der Waals surface area contributed by atoms with E-state index in [4.69, 9.17) is 4.43 Å². The summed E-state index contributed by atoms with van der Waals surface area (Å²) in [6, 6.07) is 1.08. The Kier molecular flexibility index (Phi) is 3.79. The fourth-order valence-electron chi connectivity index (χ4n) is 1.65. The molecule has 2 unspecified atom stereocenters. The summed E-state index contributed by atoms with van der Waals surface area (Å²) in [5.41, 5.74) is -0.611. The van der Waals surface area contributed by atoms with Crippen molar-refractivity contribution in [3.05, 3.63) is 0 Å². The lowest BCUT2D eigenvalue weighted by molar-refractivity contribution is -0.0198. The quantitative estimate of drug-likeness (QED) is 0.651. The van der Waals surface area contributed by atoms with Gasteiger partial charge in [-0.05, 0) is 19.4 Å². The molecule has 0 bridgehead atoms. The highest BCUT2D eigenvalue weighted by Gasteiger charge is 2.34. The van der Waals surface area contributed by atoms with Gasteiger partial charge >= 0.3 is 0 Å². The number of rotatable bonds is 3. The molecule has 0 aromatic carbocycles. The second kappa shape index (κ2) is 4.46. The van der Waals surface area contributed by atoms with Gasteiger partial charge < -0.3 is 4.43 Å². The van der Waals surface area contributed by atoms with E-state index in [0.29, 0.717) is 6.42 Å². The summed E-state index contributed by atoms with van der Waals surface area (Å²) in [7, 11) is -0.575. The van der Waals surface area contributed by atoms with Crippen LogP contribution in [0.5, 0.6) is 0 Å². The van der Waals surface area contributed by atoms with E-state index in [-0.39, 0.29) is 6.42 Å². The van der Waals surface area contributed by atoms with Crippen LogP contribution in [0.1, 0.15) is 26.2 Å². The highest BCUT2D eigenvalue weighted by molar-refractivity contribution is 6.27. The van der Waals surface area contributed by atoms with E-state index in [1.54, 1.807) is 6.92 Å². The second-order valence-electron chi connectivity index (χ2n) is 3.81. The van der Waals surface area contributed by atoms with Crippen LogP contribution in [0.2, 0.25) is 6.04 Å². The predicted molar refractivity (Wildman–Crippen MR) is 47.6 cm³/mol. The molecule has 0 radical (unpaired) electrons. The van der Waals surface area contributed by atoms with E-state index >= 15 is 0 Å². The Balaban J connectivity index is 2.40. The van der Waals surface area contributed by atoms with Crippen LogP contribution in [0.25, 0.3) is 0 Å². The van der Waals surface area contributed by atoms with Gasteiger partial charge in [0.2, 0.25) is 0 Å². The molecule has 78 valence electrons. The van der Waals surface area contributed by atoms with Crippen LogP contribution in [0.4, 0.5) is 13.2 Å². The zero-order valence-electron chi connectivity index (χ0n) is 7.73. The summed E-state index contributed by atoms with van der Waals surface area (Å²) in [6.45, 7) is 1.74. The first-order valence-electron chi connectivity index (χ1n) is 4.60. The first-order valence-corrected chi connectivity index (χ1v) is 6.17. The van der Waals surface area contributed by atoms with Gasteiger partial charge in [-0.3, -0.25) is 0 Å². The number of hydrogen-bond acceptors (Lipinski definition) is 1. The number of hydrogen-bond donors (Lipinski definition) is 0. The normalized spacial score (nSPS) is 33.9. The molecule has 0 aliphatic carbocycles. The Morgan fingerprint density at radius 1 is 1.46 bits per heavy atom. The van der Waals surface area contributed by atoms with Crippen LogP contribution in [-0.4, -0.2) is 28.0 Å². The fourth-order valence-corrected chi connectivity index (χ4v) is 3.01. The fraction of sp³-hybridized carbons (Fsp3) is 1.00. The molecular formula is C8H15F3OSi. The molecule has 5 heteroatoms. The van der Waals surface area contributed by atoms with Crippen molar-refractivity contribution in [2.24, 2.45) is 0 Å². The molecule has 0 spiro atoms. The first-order chi connectivity index (χ1) is 6.03. The van der Waals surface area contributed by atoms with Crippen molar-refractivity contribution in [2.45, 2.75) is 50.4 Å². The van der Waals surface area contributed by atoms with Gasteiger partial charge in [0.05, 0.1) is 5.60 Å². The predicted octanol–water partition coefficient (Wildman–Crippen LogP) is 2.05. The lowest BCUT2D eigenvalue weighted by Crippen LogP contribution is -2.38. The van der Waals surface area contributed by atoms with Gasteiger partial charge in [-0.15, -0.1) is 0 Å². The molecule has 1 nitrogen and oxygen atoms in total. The zero-order valence-corrected chi connectivity index (χ0v) is 9.15. The summed E-state index contributed by atoms with van der Waals surface area (Å²) < 4.78 is 42.1. The van der Waals surface area contributed by atoms with E-state index in [2.05, 4.69) is 0 Å². The van der Waals surface area contributed by atoms with Crippen molar-refractivity contribution in [3.63, 3.8) is 0 Å². The van der Waals surface area contributed by atoms with Gasteiger partial charge in [-0.2, -0.15) is 0 Å². The number of halogens is 3. The average molecular weight is 212 g/mol. The van der Waals surface area contributed by atoms with E-state index in [9.17, 15) is 13.2 Å². The van der Waals surface area contributed by atoms with Gasteiger partial charge in [0, 0.05) is 6.42 Å². The minimum Gasteiger partial charge on any atom is -0.419 e. The maximum Gasteiger partial charge on any atom is 0.269 e. The maximum atomic E-state index is 12.7. The monoisotopic (exact) mass is 212 g/mol. The van der Waals surface area contributed by atoms with Gasteiger partial charge in [0.25, 0.3) is 6.43 Å². The number of alkyl halides is 3. The molecule has 1 fully saturated rings. The Bertz CT molecular complexity index is 159. The SMILES string of the molecule is CC1(CC(F)C(F)F)CCC[SiH2]O1. The van der Waals surface area contributed by atoms with Crippen molar-refractivity contribution in [1.29, 1.82) is 0 Å². The van der Waals surface area contributed by atoms with E-state index in [0.717, 1.165) is 12.5 Å². The minimum absolute atomic E-state index is 0.155. The van der Waals surface area contributed by atoms with Crippen molar-refractivity contribution in [2.75, 3.05) is 0 Å². The first kappa shape index (κ1) is 11.0. The lowest BCUT2D eigenvalue weighted by atomic mass is 9.94. The minimum atomic E-state index is -2.87. The molecule has 0 aromatic rings. The third-order valence-electron chi connectivity index (χ3n) is 2.45. The van der Waals surface area contributed by atoms with Crippen molar-refractivity contribution < 1.29 is 17.6 Å². The zero-order chi connectivity index (χ0) is 9.90. The third-order valence-corrected chi connectivity index (χ3v) is 4.14. The Morgan fingerprint density at radius 2 is 2.15 bits per heavy atom. The molecule has 0 N–H and O–H groups in total. The van der Waals surface area contributed by atoms with Gasteiger partial charge in [0.15, 0.2) is 15.9 Å². The molecule has 1 saturated heterocycles. The molecule has 13 heavy (non-hydrogen) atoms. The summed E-state index contributed by atoms with van der Waals surface area (Å²) in [5.74, 6) is 0. The molecule has 1 heterocycles. The molecule has 2 atom stereocenters. The molecule has 1 rings (SSSR count). The van der Waals surface area contributed by atoms with Gasteiger partial charge in [-0.25, -0.2) is 13.2 Å². The molecule has 0 saturated carbocycles. The van der Waals surface area contributed by atoms with Crippen LogP contribution in [0.15, 0.2) is 0 Å². The third kappa shape index (κ3) is 3.30. The van der Waals surface area contributed by atoms with E-state index in [1.165, 1.54) is 0 Å². The Morgan fingerprint density at radius 3 is 2.62 bits per heavy atom. The summed E-state index contributed by atoms with van der Waals surface area (Å²) >= 11 is 0. The molecule has 0 amide bonds. The summed E-state index contributed by atoms with van der Waals surface area (Å²) in [4.78, 5) is 0. The van der Waals surface area contributed by atoms with Crippen LogP contribution in [0.3, 0.4) is 0 Å². The highest BCUT2D eigenvalue weighted by Crippen LogP contribution is 2.30. The Hall–Kier alpha value is -0.0331. The van der Waals surface area contributed by atoms with Crippen LogP contribution in [0, 0.1) is 0 Å². The maximum absolute atomic E-state index is 12.7. The lowest BCUT2D eigenvalue weighted by Gasteiger charge is -2.35. The topological polar surface area (TPSA) is 9.23 Å². The molecular weight excluding hydrogens is 197 g/mol. The highest BCUT2D eigenvalue weighted by atomic mass is 28.2. The van der Waals surface area contributed by atoms with Crippen molar-refractivity contribution in [3.8, 4) is 0 Å². The van der Waals surface area contributed by atoms with Crippen molar-refractivity contribution >= 4 is 9.76 Å². The molecule has 1 aliphatic rings. The van der Waals surface area contributed by atoms with Crippen molar-refractivity contribution in [1.82, 2.24) is 0 Å². The summed E-state index contributed by atoms with van der Waals surface area (Å²) in [6.07, 6.45) is -3.34. The molecule has 0 aromatic heterocycles. The largest absolute Gasteiger partial charge is 0.419 e. The van der Waals surface area contributed by atoms with Gasteiger partial charge in [-0.1, -0.05) is 6.42 Å². The average Bonchev–Trinajstić information content (AvgIpc) is 2.04. The van der Waals surface area contributed by atoms with Crippen LogP contribution in [-0.2, 0) is 4.43 Å². The van der Waals surface area contributed by atoms with E-state index < -0.39 is 28.0 Å². The standard InChI is InChI=1S/C8H15F3OSi/c1-8(3-2-4-13-12-8)5-6(9)7(10)11/h6-7H,2-5,13H2,1H3. The van der Waals surface area contributed by atoms with Crippen LogP contribution < -0.4 is 0 Å². The summed E-state index contributed by atoms with van der Waals surface area (Å²) in [5, 5.41) is 0. The van der Waals surface area contributed by atoms with E-state index in [1.807, 2.05) is 0 Å². The van der Waals surface area contributed by atoms with Gasteiger partial charge in [0.1, 0.15) is 0 Å².